The molecule has 0 saturated heterocycles. The molecule has 0 aromatic heterocycles. The summed E-state index contributed by atoms with van der Waals surface area (Å²) >= 11 is 1.40. The average molecular weight is 842 g/mol. The lowest BCUT2D eigenvalue weighted by molar-refractivity contribution is -0.136. The first-order chi connectivity index (χ1) is 27.1. The Morgan fingerprint density at radius 2 is 1.17 bits per heavy atom. The second-order valence-corrected chi connectivity index (χ2v) is 16.7. The predicted octanol–water partition coefficient (Wildman–Crippen LogP) is -2.26. The molecule has 330 valence electrons. The molecule has 14 N–H and O–H groups in total. The number of aliphatic imine (C=N–C) groups is 1. The van der Waals surface area contributed by atoms with Crippen molar-refractivity contribution in [2.24, 2.45) is 33.5 Å². The number of rotatable bonds is 24. The summed E-state index contributed by atoms with van der Waals surface area (Å²) in [6.45, 7) is 8.42. The highest BCUT2D eigenvalue weighted by Gasteiger charge is 2.35. The van der Waals surface area contributed by atoms with E-state index in [1.807, 2.05) is 0 Å². The summed E-state index contributed by atoms with van der Waals surface area (Å²) in [6, 6.07) is -8.15. The molecular formula is C37H67N11O9S. The standard InChI is InChI=1S/C37H67N11O9S/c1-20(42-32(54)24(14-11-16-41-36(39)40)46-34(56)26(44-22(3)50)18-23-12-9-8-10-13-23)30(52)45-25(15-17-58-7)33(55)43-21(2)31(53)47-27(19-49)35(57)48-28(29(38)51)37(4,5)6/h20-21,23-28,49H,8-19H2,1-7H3,(H2,38,51)(H,42,54)(H,43,55)(H,44,50)(H,45,52)(H,46,56)(H,47,53)(H,48,57)(H4,39,40,41)/t20-,21+,24-,25-,26-,27-,28+/m0/s1. The number of thioether (sulfide) groups is 1. The number of hydrogen-bond donors (Lipinski definition) is 11. The van der Waals surface area contributed by atoms with Crippen molar-refractivity contribution in [2.75, 3.05) is 25.2 Å². The summed E-state index contributed by atoms with van der Waals surface area (Å²) in [5, 5.41) is 27.7. The summed E-state index contributed by atoms with van der Waals surface area (Å²) < 4.78 is 0. The van der Waals surface area contributed by atoms with Gasteiger partial charge in [0.05, 0.1) is 6.61 Å². The molecule has 1 saturated carbocycles. The fraction of sp³-hybridized carbons (Fsp3) is 0.757. The van der Waals surface area contributed by atoms with Crippen LogP contribution < -0.4 is 54.4 Å². The largest absolute Gasteiger partial charge is 0.394 e. The van der Waals surface area contributed by atoms with E-state index in [1.165, 1.54) is 32.5 Å². The number of amides is 8. The number of aliphatic hydroxyl groups is 1. The van der Waals surface area contributed by atoms with E-state index < -0.39 is 102 Å². The zero-order valence-electron chi connectivity index (χ0n) is 34.9. The second-order valence-electron chi connectivity index (χ2n) is 15.8. The van der Waals surface area contributed by atoms with Crippen LogP contribution in [-0.2, 0) is 38.4 Å². The highest BCUT2D eigenvalue weighted by atomic mass is 32.2. The topological polar surface area (TPSA) is 331 Å². The number of nitrogens with two attached hydrogens (primary N) is 3. The molecule has 0 unspecified atom stereocenters. The summed E-state index contributed by atoms with van der Waals surface area (Å²) in [5.74, 6) is -5.07. The molecule has 8 amide bonds. The summed E-state index contributed by atoms with van der Waals surface area (Å²) in [4.78, 5) is 108. The van der Waals surface area contributed by atoms with Crippen molar-refractivity contribution in [3.05, 3.63) is 0 Å². The molecule has 1 rings (SSSR count). The Labute approximate surface area is 345 Å². The average Bonchev–Trinajstić information content (AvgIpc) is 3.14. The molecule has 1 fully saturated rings. The van der Waals surface area contributed by atoms with E-state index in [2.05, 4.69) is 42.2 Å². The van der Waals surface area contributed by atoms with Crippen LogP contribution in [0.4, 0.5) is 0 Å². The molecule has 0 spiro atoms. The molecule has 0 heterocycles. The molecule has 0 aliphatic heterocycles. The van der Waals surface area contributed by atoms with Gasteiger partial charge in [-0.1, -0.05) is 52.9 Å². The number of carbonyl (C=O) groups is 8. The third kappa shape index (κ3) is 19.2. The lowest BCUT2D eigenvalue weighted by atomic mass is 9.84. The van der Waals surface area contributed by atoms with Gasteiger partial charge in [0.2, 0.25) is 47.3 Å². The lowest BCUT2D eigenvalue weighted by Crippen LogP contribution is -2.60. The fourth-order valence-corrected chi connectivity index (χ4v) is 6.76. The van der Waals surface area contributed by atoms with E-state index in [-0.39, 0.29) is 31.3 Å². The zero-order valence-corrected chi connectivity index (χ0v) is 35.7. The Hall–Kier alpha value is -4.66. The van der Waals surface area contributed by atoms with E-state index in [0.717, 1.165) is 32.1 Å². The van der Waals surface area contributed by atoms with E-state index in [4.69, 9.17) is 17.2 Å². The smallest absolute Gasteiger partial charge is 0.245 e. The minimum atomic E-state index is -1.47. The zero-order chi connectivity index (χ0) is 44.2. The van der Waals surface area contributed by atoms with Crippen LogP contribution in [0.2, 0.25) is 0 Å². The van der Waals surface area contributed by atoms with Crippen molar-refractivity contribution < 1.29 is 43.5 Å². The lowest BCUT2D eigenvalue weighted by Gasteiger charge is -2.30. The normalized spacial score (nSPS) is 16.7. The molecule has 0 aromatic rings. The van der Waals surface area contributed by atoms with Crippen LogP contribution in [0.1, 0.15) is 99.3 Å². The maximum absolute atomic E-state index is 13.6. The second kappa shape index (κ2) is 25.6. The van der Waals surface area contributed by atoms with Gasteiger partial charge in [0.25, 0.3) is 0 Å². The first-order valence-corrected chi connectivity index (χ1v) is 21.0. The van der Waals surface area contributed by atoms with Crippen molar-refractivity contribution in [3.63, 3.8) is 0 Å². The van der Waals surface area contributed by atoms with Crippen LogP contribution in [0.3, 0.4) is 0 Å². The van der Waals surface area contributed by atoms with E-state index >= 15 is 0 Å². The molecule has 1 aliphatic carbocycles. The van der Waals surface area contributed by atoms with Crippen LogP contribution in [0.5, 0.6) is 0 Å². The van der Waals surface area contributed by atoms with Crippen LogP contribution in [0.15, 0.2) is 4.99 Å². The maximum atomic E-state index is 13.6. The highest BCUT2D eigenvalue weighted by molar-refractivity contribution is 7.98. The molecule has 0 aromatic carbocycles. The van der Waals surface area contributed by atoms with E-state index in [0.29, 0.717) is 18.6 Å². The van der Waals surface area contributed by atoms with Gasteiger partial charge in [0, 0.05) is 13.5 Å². The summed E-state index contributed by atoms with van der Waals surface area (Å²) in [6.07, 6.45) is 7.79. The SMILES string of the molecule is CSCC[C@H](NC(=O)[C@H](C)NC(=O)[C@H](CCCN=C(N)N)NC(=O)[C@H](CC1CCCCC1)NC(C)=O)C(=O)N[C@H](C)C(=O)N[C@@H](CO)C(=O)N[C@H](C(N)=O)C(C)(C)C. The van der Waals surface area contributed by atoms with Crippen molar-refractivity contribution in [1.29, 1.82) is 0 Å². The van der Waals surface area contributed by atoms with Crippen molar-refractivity contribution in [1.82, 2.24) is 37.2 Å². The number of primary amides is 1. The Morgan fingerprint density at radius 3 is 1.64 bits per heavy atom. The predicted molar refractivity (Wildman–Crippen MR) is 220 cm³/mol. The maximum Gasteiger partial charge on any atom is 0.245 e. The number of carbonyl (C=O) groups excluding carboxylic acids is 8. The molecule has 21 heteroatoms. The number of nitrogens with zero attached hydrogens (tertiary/aromatic N) is 1. The van der Waals surface area contributed by atoms with Crippen LogP contribution >= 0.6 is 11.8 Å². The van der Waals surface area contributed by atoms with E-state index in [9.17, 15) is 43.5 Å². The Bertz CT molecular complexity index is 1450. The molecule has 0 radical (unpaired) electrons. The van der Waals surface area contributed by atoms with Crippen LogP contribution in [0, 0.1) is 11.3 Å². The van der Waals surface area contributed by atoms with Gasteiger partial charge in [0.1, 0.15) is 42.3 Å². The molecule has 7 atom stereocenters. The number of guanidine groups is 1. The van der Waals surface area contributed by atoms with Crippen molar-refractivity contribution >= 4 is 65.0 Å². The summed E-state index contributed by atoms with van der Waals surface area (Å²) in [5.41, 5.74) is 15.5. The molecule has 1 aliphatic rings. The van der Waals surface area contributed by atoms with Gasteiger partial charge in [-0.3, -0.25) is 43.3 Å². The summed E-state index contributed by atoms with van der Waals surface area (Å²) in [7, 11) is 0. The third-order valence-corrected chi connectivity index (χ3v) is 10.2. The molecular weight excluding hydrogens is 775 g/mol. The fourth-order valence-electron chi connectivity index (χ4n) is 6.29. The van der Waals surface area contributed by atoms with Gasteiger partial charge < -0.3 is 59.5 Å². The third-order valence-electron chi connectivity index (χ3n) is 9.57. The monoisotopic (exact) mass is 841 g/mol. The number of hydrogen-bond acceptors (Lipinski definition) is 11. The number of nitrogens with one attached hydrogen (secondary N) is 7. The van der Waals surface area contributed by atoms with Crippen molar-refractivity contribution in [3.8, 4) is 0 Å². The van der Waals surface area contributed by atoms with Gasteiger partial charge in [-0.2, -0.15) is 11.8 Å². The first kappa shape index (κ1) is 51.4. The highest BCUT2D eigenvalue weighted by Crippen LogP contribution is 2.27. The quantitative estimate of drug-likeness (QED) is 0.0279. The number of aliphatic hydroxyl groups excluding tert-OH is 1. The van der Waals surface area contributed by atoms with E-state index in [1.54, 1.807) is 27.0 Å². The Morgan fingerprint density at radius 1 is 0.690 bits per heavy atom. The van der Waals surface area contributed by atoms with Gasteiger partial charge in [-0.15, -0.1) is 0 Å². The van der Waals surface area contributed by atoms with Crippen molar-refractivity contribution in [2.45, 2.75) is 142 Å². The minimum absolute atomic E-state index is 0.0960. The first-order valence-electron chi connectivity index (χ1n) is 19.6. The van der Waals surface area contributed by atoms with Gasteiger partial charge in [0.15, 0.2) is 5.96 Å². The molecule has 20 nitrogen and oxygen atoms in total. The Kier molecular flexibility index (Phi) is 22.7. The minimum Gasteiger partial charge on any atom is -0.394 e. The van der Waals surface area contributed by atoms with Crippen LogP contribution in [-0.4, -0.2) is 126 Å². The van der Waals surface area contributed by atoms with Gasteiger partial charge >= 0.3 is 0 Å². The van der Waals surface area contributed by atoms with Gasteiger partial charge in [-0.05, 0) is 62.9 Å². The molecule has 0 bridgehead atoms. The Balaban J connectivity index is 3.04. The molecule has 58 heavy (non-hydrogen) atoms. The van der Waals surface area contributed by atoms with Crippen LogP contribution in [0.25, 0.3) is 0 Å². The van der Waals surface area contributed by atoms with Gasteiger partial charge in [-0.25, -0.2) is 0 Å².